The maximum absolute atomic E-state index is 12.1. The van der Waals surface area contributed by atoms with Gasteiger partial charge in [-0.1, -0.05) is 17.8 Å². The monoisotopic (exact) mass is 343 g/mol. The number of nitrogens with one attached hydrogen (secondary N) is 2. The van der Waals surface area contributed by atoms with Gasteiger partial charge in [-0.2, -0.15) is 0 Å². The van der Waals surface area contributed by atoms with Gasteiger partial charge in [0, 0.05) is 12.2 Å². The molecule has 0 aliphatic heterocycles. The van der Waals surface area contributed by atoms with E-state index >= 15 is 0 Å². The highest BCUT2D eigenvalue weighted by Gasteiger charge is 2.41. The maximum Gasteiger partial charge on any atom is 0.259 e. The molecular weight excluding hydrogens is 322 g/mol. The first-order chi connectivity index (χ1) is 11.7. The molecule has 2 aromatic heterocycles. The highest BCUT2D eigenvalue weighted by Crippen LogP contribution is 2.49. The molecule has 0 aromatic carbocycles. The van der Waals surface area contributed by atoms with Crippen LogP contribution in [0, 0.1) is 17.8 Å². The summed E-state index contributed by atoms with van der Waals surface area (Å²) in [6.07, 6.45) is 7.17. The second-order valence-corrected chi connectivity index (χ2v) is 7.74. The molecule has 1 amide bonds. The largest absolute Gasteiger partial charge is 0.367 e. The molecule has 0 radical (unpaired) electrons. The Morgan fingerprint density at radius 3 is 2.88 bits per heavy atom. The van der Waals surface area contributed by atoms with Gasteiger partial charge in [-0.3, -0.25) is 10.1 Å². The Kier molecular flexibility index (Phi) is 4.18. The highest BCUT2D eigenvalue weighted by molar-refractivity contribution is 7.13. The van der Waals surface area contributed by atoms with Crippen molar-refractivity contribution in [1.82, 2.24) is 15.2 Å². The first-order valence-electron chi connectivity index (χ1n) is 8.49. The van der Waals surface area contributed by atoms with Gasteiger partial charge in [0.15, 0.2) is 0 Å². The first-order valence-corrected chi connectivity index (χ1v) is 9.37. The van der Waals surface area contributed by atoms with E-state index in [4.69, 9.17) is 0 Å². The van der Waals surface area contributed by atoms with Gasteiger partial charge in [0.2, 0.25) is 5.13 Å². The summed E-state index contributed by atoms with van der Waals surface area (Å²) < 4.78 is 0. The van der Waals surface area contributed by atoms with Crippen molar-refractivity contribution in [1.29, 1.82) is 0 Å². The van der Waals surface area contributed by atoms with E-state index in [0.717, 1.165) is 23.6 Å². The zero-order chi connectivity index (χ0) is 16.5. The van der Waals surface area contributed by atoms with Crippen LogP contribution in [0.4, 0.5) is 10.9 Å². The summed E-state index contributed by atoms with van der Waals surface area (Å²) in [5.74, 6) is 3.20. The molecule has 2 fully saturated rings. The number of anilines is 2. The summed E-state index contributed by atoms with van der Waals surface area (Å²) in [6, 6.07) is 4.09. The number of carbonyl (C=O) groups excluding carboxylic acids is 1. The Balaban J connectivity index is 1.36. The normalized spacial score (nSPS) is 26.3. The third-order valence-corrected chi connectivity index (χ3v) is 6.02. The van der Waals surface area contributed by atoms with Crippen LogP contribution in [0.3, 0.4) is 0 Å². The van der Waals surface area contributed by atoms with Gasteiger partial charge >= 0.3 is 0 Å². The highest BCUT2D eigenvalue weighted by atomic mass is 32.1. The zero-order valence-corrected chi connectivity index (χ0v) is 14.4. The van der Waals surface area contributed by atoms with Crippen molar-refractivity contribution in [3.63, 3.8) is 0 Å². The molecule has 2 N–H and O–H groups in total. The second kappa shape index (κ2) is 6.47. The van der Waals surface area contributed by atoms with Crippen molar-refractivity contribution >= 4 is 28.2 Å². The number of hydrogen-bond donors (Lipinski definition) is 2. The Labute approximate surface area is 145 Å². The fraction of sp³-hybridized carbons (Fsp3) is 0.529. The summed E-state index contributed by atoms with van der Waals surface area (Å²) in [4.78, 5) is 16.5. The van der Waals surface area contributed by atoms with Crippen LogP contribution in [0.5, 0.6) is 0 Å². The number of carbonyl (C=O) groups is 1. The molecule has 4 unspecified atom stereocenters. The van der Waals surface area contributed by atoms with Crippen LogP contribution in [-0.2, 0) is 0 Å². The fourth-order valence-electron chi connectivity index (χ4n) is 4.26. The van der Waals surface area contributed by atoms with Crippen LogP contribution >= 0.6 is 11.3 Å². The molecule has 0 spiro atoms. The van der Waals surface area contributed by atoms with E-state index in [1.54, 1.807) is 17.8 Å². The number of nitrogens with zero attached hydrogens (tertiary/aromatic N) is 3. The van der Waals surface area contributed by atoms with E-state index in [-0.39, 0.29) is 5.91 Å². The molecule has 6 nitrogen and oxygen atoms in total. The van der Waals surface area contributed by atoms with Gasteiger partial charge in [0.1, 0.15) is 11.3 Å². The van der Waals surface area contributed by atoms with Crippen LogP contribution < -0.4 is 10.6 Å². The molecule has 2 aliphatic carbocycles. The summed E-state index contributed by atoms with van der Waals surface area (Å²) in [6.45, 7) is 2.25. The molecule has 0 saturated heterocycles. The van der Waals surface area contributed by atoms with E-state index in [2.05, 4.69) is 32.7 Å². The molecule has 7 heteroatoms. The molecule has 24 heavy (non-hydrogen) atoms. The van der Waals surface area contributed by atoms with Crippen molar-refractivity contribution in [3.05, 3.63) is 29.4 Å². The van der Waals surface area contributed by atoms with Crippen LogP contribution in [0.25, 0.3) is 0 Å². The minimum Gasteiger partial charge on any atom is -0.367 e. The lowest BCUT2D eigenvalue weighted by Gasteiger charge is -2.28. The number of amides is 1. The molecule has 2 heterocycles. The standard InChI is InChI=1S/C17H21N5OS/c1-10(14-7-11-2-3-12(14)6-11)20-15-5-4-13(8-18-15)16(23)21-17-22-19-9-24-17/h4-5,8-12,14H,2-3,6-7H2,1H3,(H,18,20)(H,21,22,23). The van der Waals surface area contributed by atoms with Crippen LogP contribution in [0.15, 0.2) is 23.8 Å². The van der Waals surface area contributed by atoms with Crippen molar-refractivity contribution < 1.29 is 4.79 Å². The van der Waals surface area contributed by atoms with E-state index in [0.29, 0.717) is 16.7 Å². The quantitative estimate of drug-likeness (QED) is 0.869. The molecule has 2 aliphatic rings. The number of rotatable bonds is 5. The summed E-state index contributed by atoms with van der Waals surface area (Å²) in [5.41, 5.74) is 2.10. The Hall–Kier alpha value is -2.02. The van der Waals surface area contributed by atoms with E-state index < -0.39 is 0 Å². The van der Waals surface area contributed by atoms with E-state index in [1.165, 1.54) is 37.0 Å². The molecule has 4 rings (SSSR count). The molecule has 2 bridgehead atoms. The topological polar surface area (TPSA) is 79.8 Å². The van der Waals surface area contributed by atoms with Gasteiger partial charge in [-0.15, -0.1) is 10.2 Å². The molecule has 2 aromatic rings. The minimum absolute atomic E-state index is 0.216. The average molecular weight is 343 g/mol. The third kappa shape index (κ3) is 3.13. The number of hydrogen-bond acceptors (Lipinski definition) is 6. The second-order valence-electron chi connectivity index (χ2n) is 6.90. The van der Waals surface area contributed by atoms with Gasteiger partial charge < -0.3 is 5.32 Å². The first kappa shape index (κ1) is 15.5. The lowest BCUT2D eigenvalue weighted by atomic mass is 9.84. The maximum atomic E-state index is 12.1. The smallest absolute Gasteiger partial charge is 0.259 e. The van der Waals surface area contributed by atoms with Crippen LogP contribution in [0.2, 0.25) is 0 Å². The fourth-order valence-corrected chi connectivity index (χ4v) is 4.70. The van der Waals surface area contributed by atoms with Gasteiger partial charge in [-0.25, -0.2) is 4.98 Å². The lowest BCUT2D eigenvalue weighted by molar-refractivity contribution is 0.102. The van der Waals surface area contributed by atoms with Gasteiger partial charge in [0.25, 0.3) is 5.91 Å². The SMILES string of the molecule is CC(Nc1ccc(C(=O)Nc2nncs2)cn1)C1CC2CCC1C2. The zero-order valence-electron chi connectivity index (χ0n) is 13.6. The molecular formula is C17H21N5OS. The van der Waals surface area contributed by atoms with Crippen LogP contribution in [0.1, 0.15) is 43.0 Å². The summed E-state index contributed by atoms with van der Waals surface area (Å²) >= 11 is 1.29. The van der Waals surface area contributed by atoms with Crippen molar-refractivity contribution in [3.8, 4) is 0 Å². The predicted octanol–water partition coefficient (Wildman–Crippen LogP) is 3.42. The predicted molar refractivity (Wildman–Crippen MR) is 94.1 cm³/mol. The Bertz CT molecular complexity index is 702. The summed E-state index contributed by atoms with van der Waals surface area (Å²) in [5, 5.41) is 14.2. The Morgan fingerprint density at radius 2 is 2.25 bits per heavy atom. The number of pyridine rings is 1. The Morgan fingerprint density at radius 1 is 1.33 bits per heavy atom. The van der Waals surface area contributed by atoms with Crippen molar-refractivity contribution in [2.45, 2.75) is 38.6 Å². The summed E-state index contributed by atoms with van der Waals surface area (Å²) in [7, 11) is 0. The third-order valence-electron chi connectivity index (χ3n) is 5.42. The van der Waals surface area contributed by atoms with E-state index in [9.17, 15) is 4.79 Å². The molecule has 4 atom stereocenters. The number of aromatic nitrogens is 3. The van der Waals surface area contributed by atoms with Crippen LogP contribution in [-0.4, -0.2) is 27.1 Å². The van der Waals surface area contributed by atoms with Crippen molar-refractivity contribution in [2.24, 2.45) is 17.8 Å². The molecule has 126 valence electrons. The molecule has 2 saturated carbocycles. The average Bonchev–Trinajstić information content (AvgIpc) is 3.33. The number of fused-ring (bicyclic) bond motifs is 2. The van der Waals surface area contributed by atoms with E-state index in [1.807, 2.05) is 6.07 Å². The lowest BCUT2D eigenvalue weighted by Crippen LogP contribution is -2.30. The minimum atomic E-state index is -0.216. The van der Waals surface area contributed by atoms with Crippen molar-refractivity contribution in [2.75, 3.05) is 10.6 Å². The van der Waals surface area contributed by atoms with Gasteiger partial charge in [-0.05, 0) is 56.1 Å². The van der Waals surface area contributed by atoms with Gasteiger partial charge in [0.05, 0.1) is 5.56 Å².